The number of ketones is 1. The molecule has 0 aromatic rings. The molecular weight excluding hydrogens is 148 g/mol. The van der Waals surface area contributed by atoms with Gasteiger partial charge in [-0.2, -0.15) is 0 Å². The lowest BCUT2D eigenvalue weighted by atomic mass is 9.79. The Kier molecular flexibility index (Phi) is 1.48. The van der Waals surface area contributed by atoms with Crippen molar-refractivity contribution in [1.29, 1.82) is 0 Å². The number of hydrogen-bond acceptors (Lipinski definition) is 1. The maximum Gasteiger partial charge on any atom is 0.139 e. The summed E-state index contributed by atoms with van der Waals surface area (Å²) in [5.41, 5.74) is 1.28. The van der Waals surface area contributed by atoms with Crippen molar-refractivity contribution in [2.75, 3.05) is 0 Å². The molecule has 0 saturated heterocycles. The Bertz CT molecular complexity index is 254. The third-order valence-electron chi connectivity index (χ3n) is 3.75. The standard InChI is InChI=1S/C11H16O/c1-7(2)8-4-9-6-11(9,3)10(12)5-8/h8-9H,1,4-6H2,2-3H3/t8-,9+,11-/m1/s1. The van der Waals surface area contributed by atoms with Crippen molar-refractivity contribution in [3.8, 4) is 0 Å². The van der Waals surface area contributed by atoms with Gasteiger partial charge in [0.25, 0.3) is 0 Å². The molecule has 1 heteroatoms. The normalized spacial score (nSPS) is 45.3. The summed E-state index contributed by atoms with van der Waals surface area (Å²) in [5, 5.41) is 0. The fraction of sp³-hybridized carbons (Fsp3) is 0.727. The Morgan fingerprint density at radius 3 is 2.83 bits per heavy atom. The van der Waals surface area contributed by atoms with E-state index in [4.69, 9.17) is 0 Å². The summed E-state index contributed by atoms with van der Waals surface area (Å²) in [7, 11) is 0. The van der Waals surface area contributed by atoms with E-state index in [1.165, 1.54) is 12.0 Å². The fourth-order valence-electron chi connectivity index (χ4n) is 2.40. The maximum atomic E-state index is 11.6. The molecule has 0 heterocycles. The highest BCUT2D eigenvalue weighted by Gasteiger charge is 2.58. The molecule has 3 atom stereocenters. The number of fused-ring (bicyclic) bond motifs is 1. The number of Topliss-reactive ketones (excluding diaryl/α,β-unsaturated/α-hetero) is 1. The zero-order chi connectivity index (χ0) is 8.93. The van der Waals surface area contributed by atoms with Gasteiger partial charge in [-0.25, -0.2) is 0 Å². The van der Waals surface area contributed by atoms with E-state index < -0.39 is 0 Å². The van der Waals surface area contributed by atoms with Crippen LogP contribution in [0.2, 0.25) is 0 Å². The van der Waals surface area contributed by atoms with Crippen LogP contribution in [-0.4, -0.2) is 5.78 Å². The Balaban J connectivity index is 2.12. The van der Waals surface area contributed by atoms with Gasteiger partial charge in [0, 0.05) is 11.8 Å². The van der Waals surface area contributed by atoms with Crippen LogP contribution in [-0.2, 0) is 4.79 Å². The van der Waals surface area contributed by atoms with Crippen LogP contribution in [0.5, 0.6) is 0 Å². The van der Waals surface area contributed by atoms with E-state index in [9.17, 15) is 4.79 Å². The van der Waals surface area contributed by atoms with Crippen molar-refractivity contribution >= 4 is 5.78 Å². The Labute approximate surface area is 73.8 Å². The number of carbonyl (C=O) groups excluding carboxylic acids is 1. The summed E-state index contributed by atoms with van der Waals surface area (Å²) in [4.78, 5) is 11.6. The van der Waals surface area contributed by atoms with Gasteiger partial charge < -0.3 is 0 Å². The van der Waals surface area contributed by atoms with Gasteiger partial charge in [-0.05, 0) is 31.6 Å². The summed E-state index contributed by atoms with van der Waals surface area (Å²) in [6.07, 6.45) is 3.09. The van der Waals surface area contributed by atoms with Crippen LogP contribution >= 0.6 is 0 Å². The Morgan fingerprint density at radius 2 is 2.33 bits per heavy atom. The number of hydrogen-bond donors (Lipinski definition) is 0. The molecule has 66 valence electrons. The average molecular weight is 164 g/mol. The summed E-state index contributed by atoms with van der Waals surface area (Å²) in [6.45, 7) is 8.10. The first-order valence-corrected chi connectivity index (χ1v) is 4.73. The predicted molar refractivity (Wildman–Crippen MR) is 48.8 cm³/mol. The third kappa shape index (κ3) is 0.954. The monoisotopic (exact) mass is 164 g/mol. The van der Waals surface area contributed by atoms with E-state index >= 15 is 0 Å². The smallest absolute Gasteiger partial charge is 0.139 e. The lowest BCUT2D eigenvalue weighted by molar-refractivity contribution is -0.126. The largest absolute Gasteiger partial charge is 0.299 e. The van der Waals surface area contributed by atoms with E-state index in [0.29, 0.717) is 17.6 Å². The van der Waals surface area contributed by atoms with Crippen LogP contribution in [0, 0.1) is 17.3 Å². The van der Waals surface area contributed by atoms with Crippen LogP contribution in [0.15, 0.2) is 12.2 Å². The van der Waals surface area contributed by atoms with Gasteiger partial charge in [0.15, 0.2) is 0 Å². The minimum Gasteiger partial charge on any atom is -0.299 e. The zero-order valence-corrected chi connectivity index (χ0v) is 7.89. The first-order valence-electron chi connectivity index (χ1n) is 4.73. The molecule has 2 rings (SSSR count). The first-order chi connectivity index (χ1) is 5.54. The second-order valence-corrected chi connectivity index (χ2v) is 4.72. The third-order valence-corrected chi connectivity index (χ3v) is 3.75. The molecule has 0 aliphatic heterocycles. The van der Waals surface area contributed by atoms with Crippen molar-refractivity contribution in [3.63, 3.8) is 0 Å². The lowest BCUT2D eigenvalue weighted by Gasteiger charge is -2.24. The van der Waals surface area contributed by atoms with Gasteiger partial charge in [-0.15, -0.1) is 0 Å². The molecular formula is C11H16O. The molecule has 2 saturated carbocycles. The molecule has 0 bridgehead atoms. The van der Waals surface area contributed by atoms with Gasteiger partial charge in [-0.1, -0.05) is 19.1 Å². The minimum atomic E-state index is 0.0892. The molecule has 2 fully saturated rings. The number of carbonyl (C=O) groups is 1. The van der Waals surface area contributed by atoms with E-state index in [1.807, 2.05) is 6.92 Å². The molecule has 2 aliphatic carbocycles. The molecule has 12 heavy (non-hydrogen) atoms. The highest BCUT2D eigenvalue weighted by Crippen LogP contribution is 2.60. The first kappa shape index (κ1) is 8.03. The molecule has 0 spiro atoms. The second kappa shape index (κ2) is 2.21. The highest BCUT2D eigenvalue weighted by atomic mass is 16.1. The summed E-state index contributed by atoms with van der Waals surface area (Å²) in [5.74, 6) is 1.64. The predicted octanol–water partition coefficient (Wildman–Crippen LogP) is 2.57. The van der Waals surface area contributed by atoms with Gasteiger partial charge in [0.1, 0.15) is 5.78 Å². The van der Waals surface area contributed by atoms with E-state index in [1.54, 1.807) is 0 Å². The summed E-state index contributed by atoms with van der Waals surface area (Å²) in [6, 6.07) is 0. The van der Waals surface area contributed by atoms with Gasteiger partial charge in [-0.3, -0.25) is 4.79 Å². The van der Waals surface area contributed by atoms with Crippen molar-refractivity contribution in [2.24, 2.45) is 17.3 Å². The molecule has 0 N–H and O–H groups in total. The molecule has 0 amide bonds. The SMILES string of the molecule is C=C(C)[C@H]1CC(=O)[C@]2(C)C[C@@H]2C1. The molecule has 0 aromatic heterocycles. The van der Waals surface area contributed by atoms with Crippen molar-refractivity contribution in [2.45, 2.75) is 33.1 Å². The minimum absolute atomic E-state index is 0.0892. The van der Waals surface area contributed by atoms with Crippen LogP contribution in [0.4, 0.5) is 0 Å². The summed E-state index contributed by atoms with van der Waals surface area (Å²) < 4.78 is 0. The van der Waals surface area contributed by atoms with E-state index in [2.05, 4.69) is 13.5 Å². The van der Waals surface area contributed by atoms with Crippen molar-refractivity contribution in [1.82, 2.24) is 0 Å². The highest BCUT2D eigenvalue weighted by molar-refractivity contribution is 5.89. The quantitative estimate of drug-likeness (QED) is 0.544. The van der Waals surface area contributed by atoms with Crippen molar-refractivity contribution in [3.05, 3.63) is 12.2 Å². The Hall–Kier alpha value is -0.590. The Morgan fingerprint density at radius 1 is 1.67 bits per heavy atom. The molecule has 0 unspecified atom stereocenters. The van der Waals surface area contributed by atoms with Crippen molar-refractivity contribution < 1.29 is 4.79 Å². The van der Waals surface area contributed by atoms with Gasteiger partial charge >= 0.3 is 0 Å². The molecule has 0 radical (unpaired) electrons. The van der Waals surface area contributed by atoms with Crippen LogP contribution < -0.4 is 0 Å². The maximum absolute atomic E-state index is 11.6. The second-order valence-electron chi connectivity index (χ2n) is 4.72. The van der Waals surface area contributed by atoms with Crippen LogP contribution in [0.25, 0.3) is 0 Å². The zero-order valence-electron chi connectivity index (χ0n) is 7.89. The molecule has 0 aromatic carbocycles. The van der Waals surface area contributed by atoms with E-state index in [-0.39, 0.29) is 5.41 Å². The number of rotatable bonds is 1. The number of allylic oxidation sites excluding steroid dienone is 1. The van der Waals surface area contributed by atoms with E-state index in [0.717, 1.165) is 12.8 Å². The van der Waals surface area contributed by atoms with Crippen LogP contribution in [0.1, 0.15) is 33.1 Å². The topological polar surface area (TPSA) is 17.1 Å². The van der Waals surface area contributed by atoms with Crippen LogP contribution in [0.3, 0.4) is 0 Å². The molecule has 1 nitrogen and oxygen atoms in total. The summed E-state index contributed by atoms with van der Waals surface area (Å²) >= 11 is 0. The van der Waals surface area contributed by atoms with Gasteiger partial charge in [0.2, 0.25) is 0 Å². The lowest BCUT2D eigenvalue weighted by Crippen LogP contribution is -2.25. The van der Waals surface area contributed by atoms with Gasteiger partial charge in [0.05, 0.1) is 0 Å². The molecule has 2 aliphatic rings. The fourth-order valence-corrected chi connectivity index (χ4v) is 2.40. The average Bonchev–Trinajstić information content (AvgIpc) is 2.62.